The lowest BCUT2D eigenvalue weighted by molar-refractivity contribution is 0.368. The lowest BCUT2D eigenvalue weighted by Gasteiger charge is -1.78. The van der Waals surface area contributed by atoms with Crippen LogP contribution in [0.25, 0.3) is 11.0 Å². The molecule has 0 fully saturated rings. The van der Waals surface area contributed by atoms with Gasteiger partial charge in [-0.15, -0.1) is 0 Å². The van der Waals surface area contributed by atoms with Gasteiger partial charge < -0.3 is 20.8 Å². The highest BCUT2D eigenvalue weighted by molar-refractivity contribution is 7.38. The summed E-state index contributed by atoms with van der Waals surface area (Å²) in [5, 5.41) is 10.3. The maximum Gasteiger partial charge on any atom is 0.324 e. The van der Waals surface area contributed by atoms with Crippen LogP contribution in [-0.4, -0.2) is 30.1 Å². The number of H-pyrrole nitrogens is 1. The molecular formula is C6H11N4O3P. The van der Waals surface area contributed by atoms with Crippen molar-refractivity contribution in [2.45, 2.75) is 0 Å². The second kappa shape index (κ2) is 6.36. The summed E-state index contributed by atoms with van der Waals surface area (Å²) in [6, 6.07) is 7.70. The fourth-order valence-corrected chi connectivity index (χ4v) is 0.786. The molecule has 8 heteroatoms. The summed E-state index contributed by atoms with van der Waals surface area (Å²) in [4.78, 5) is 21.7. The lowest BCUT2D eigenvalue weighted by Crippen LogP contribution is -1.63. The molecule has 0 aliphatic carbocycles. The Labute approximate surface area is 81.0 Å². The maximum absolute atomic E-state index is 7.23. The first-order chi connectivity index (χ1) is 6.20. The van der Waals surface area contributed by atoms with Crippen molar-refractivity contribution in [3.8, 4) is 0 Å². The molecule has 0 unspecified atom stereocenters. The van der Waals surface area contributed by atoms with Crippen LogP contribution in [-0.2, 0) is 0 Å². The second-order valence-electron chi connectivity index (χ2n) is 2.08. The SMILES string of the molecule is N.OP(O)O.c1ccc2n[nH]nc2c1. The van der Waals surface area contributed by atoms with Crippen molar-refractivity contribution in [2.75, 3.05) is 0 Å². The van der Waals surface area contributed by atoms with Gasteiger partial charge >= 0.3 is 8.60 Å². The van der Waals surface area contributed by atoms with Crippen molar-refractivity contribution in [3.63, 3.8) is 0 Å². The van der Waals surface area contributed by atoms with E-state index in [1.54, 1.807) is 0 Å². The van der Waals surface area contributed by atoms with E-state index in [2.05, 4.69) is 15.4 Å². The van der Waals surface area contributed by atoms with Crippen molar-refractivity contribution in [3.05, 3.63) is 24.3 Å². The van der Waals surface area contributed by atoms with E-state index in [1.807, 2.05) is 24.3 Å². The van der Waals surface area contributed by atoms with Gasteiger partial charge in [-0.25, -0.2) is 0 Å². The van der Waals surface area contributed by atoms with Gasteiger partial charge in [0.15, 0.2) is 0 Å². The molecule has 78 valence electrons. The predicted molar refractivity (Wildman–Crippen MR) is 52.5 cm³/mol. The molecule has 1 heterocycles. The third kappa shape index (κ3) is 4.22. The van der Waals surface area contributed by atoms with Gasteiger partial charge in [0.25, 0.3) is 0 Å². The van der Waals surface area contributed by atoms with Crippen LogP contribution in [0.15, 0.2) is 24.3 Å². The molecule has 0 bridgehead atoms. The van der Waals surface area contributed by atoms with Crippen LogP contribution in [0.5, 0.6) is 0 Å². The zero-order valence-corrected chi connectivity index (χ0v) is 8.09. The molecule has 0 atom stereocenters. The molecular weight excluding hydrogens is 207 g/mol. The maximum atomic E-state index is 7.23. The molecule has 1 aromatic heterocycles. The van der Waals surface area contributed by atoms with E-state index in [0.29, 0.717) is 0 Å². The number of hydrogen-bond donors (Lipinski definition) is 5. The van der Waals surface area contributed by atoms with Gasteiger partial charge in [-0.2, -0.15) is 15.4 Å². The van der Waals surface area contributed by atoms with Crippen molar-refractivity contribution >= 4 is 19.6 Å². The summed E-state index contributed by atoms with van der Waals surface area (Å²) in [7, 11) is -2.62. The van der Waals surface area contributed by atoms with Crippen LogP contribution < -0.4 is 6.15 Å². The summed E-state index contributed by atoms with van der Waals surface area (Å²) in [6.07, 6.45) is 0. The van der Waals surface area contributed by atoms with Crippen LogP contribution in [0.1, 0.15) is 0 Å². The number of hydrogen-bond acceptors (Lipinski definition) is 6. The number of nitrogens with zero attached hydrogens (tertiary/aromatic N) is 2. The molecule has 14 heavy (non-hydrogen) atoms. The molecule has 0 saturated heterocycles. The van der Waals surface area contributed by atoms with Gasteiger partial charge in [-0.05, 0) is 12.1 Å². The highest BCUT2D eigenvalue weighted by atomic mass is 31.2. The van der Waals surface area contributed by atoms with Gasteiger partial charge in [0.2, 0.25) is 0 Å². The standard InChI is InChI=1S/C6H5N3.H3N.H3O3P/c1-2-4-6-5(3-1)7-9-8-6;;1-4(2)3/h1-4H,(H,7,8,9);1H3;1-3H. The fourth-order valence-electron chi connectivity index (χ4n) is 0.786. The van der Waals surface area contributed by atoms with Gasteiger partial charge in [-0.3, -0.25) is 0 Å². The van der Waals surface area contributed by atoms with Crippen molar-refractivity contribution < 1.29 is 14.7 Å². The van der Waals surface area contributed by atoms with E-state index in [4.69, 9.17) is 14.7 Å². The molecule has 7 N–H and O–H groups in total. The first-order valence-corrected chi connectivity index (χ1v) is 4.52. The summed E-state index contributed by atoms with van der Waals surface area (Å²) in [6.45, 7) is 0. The van der Waals surface area contributed by atoms with E-state index in [0.717, 1.165) is 11.0 Å². The average molecular weight is 218 g/mol. The van der Waals surface area contributed by atoms with Crippen LogP contribution >= 0.6 is 8.60 Å². The van der Waals surface area contributed by atoms with Crippen molar-refractivity contribution in [1.29, 1.82) is 0 Å². The molecule has 2 aromatic rings. The molecule has 0 radical (unpaired) electrons. The Bertz CT molecular complexity index is 334. The Morgan fingerprint density at radius 3 is 1.71 bits per heavy atom. The summed E-state index contributed by atoms with van der Waals surface area (Å²) in [5.74, 6) is 0. The number of nitrogens with one attached hydrogen (secondary N) is 1. The number of aromatic nitrogens is 3. The fraction of sp³-hybridized carbons (Fsp3) is 0. The molecule has 0 amide bonds. The highest BCUT2D eigenvalue weighted by Gasteiger charge is 1.90. The topological polar surface area (TPSA) is 137 Å². The molecule has 0 saturated carbocycles. The normalized spacial score (nSPS) is 9.14. The molecule has 7 nitrogen and oxygen atoms in total. The first-order valence-electron chi connectivity index (χ1n) is 3.32. The zero-order chi connectivity index (χ0) is 9.68. The number of aromatic amines is 1. The highest BCUT2D eigenvalue weighted by Crippen LogP contribution is 2.11. The third-order valence-electron chi connectivity index (χ3n) is 1.22. The second-order valence-corrected chi connectivity index (χ2v) is 2.62. The number of fused-ring (bicyclic) bond motifs is 1. The number of benzene rings is 1. The Morgan fingerprint density at radius 1 is 1.00 bits per heavy atom. The summed E-state index contributed by atoms with van der Waals surface area (Å²) < 4.78 is 0. The van der Waals surface area contributed by atoms with E-state index in [9.17, 15) is 0 Å². The molecule has 2 rings (SSSR count). The molecule has 0 spiro atoms. The van der Waals surface area contributed by atoms with E-state index in [-0.39, 0.29) is 6.15 Å². The Hall–Kier alpha value is -1.11. The summed E-state index contributed by atoms with van der Waals surface area (Å²) in [5.41, 5.74) is 1.83. The van der Waals surface area contributed by atoms with Crippen LogP contribution in [0, 0.1) is 0 Å². The van der Waals surface area contributed by atoms with Gasteiger partial charge in [-0.1, -0.05) is 12.1 Å². The predicted octanol–water partition coefficient (Wildman–Crippen LogP) is 0.310. The Kier molecular flexibility index (Phi) is 5.86. The minimum Gasteiger partial charge on any atom is -0.344 e. The van der Waals surface area contributed by atoms with Crippen molar-refractivity contribution in [1.82, 2.24) is 21.6 Å². The zero-order valence-electron chi connectivity index (χ0n) is 7.20. The minimum atomic E-state index is -2.62. The van der Waals surface area contributed by atoms with Gasteiger partial charge in [0.1, 0.15) is 11.0 Å². The smallest absolute Gasteiger partial charge is 0.324 e. The lowest BCUT2D eigenvalue weighted by atomic mass is 10.3. The van der Waals surface area contributed by atoms with Gasteiger partial charge in [0, 0.05) is 0 Å². The monoisotopic (exact) mass is 218 g/mol. The molecule has 0 aliphatic rings. The van der Waals surface area contributed by atoms with Crippen LogP contribution in [0.2, 0.25) is 0 Å². The minimum absolute atomic E-state index is 0. The third-order valence-corrected chi connectivity index (χ3v) is 1.22. The first kappa shape index (κ1) is 12.9. The largest absolute Gasteiger partial charge is 0.344 e. The summed E-state index contributed by atoms with van der Waals surface area (Å²) >= 11 is 0. The van der Waals surface area contributed by atoms with E-state index in [1.165, 1.54) is 0 Å². The van der Waals surface area contributed by atoms with Crippen LogP contribution in [0.4, 0.5) is 0 Å². The molecule has 1 aromatic carbocycles. The molecule has 0 aliphatic heterocycles. The Morgan fingerprint density at radius 2 is 1.36 bits per heavy atom. The van der Waals surface area contributed by atoms with E-state index >= 15 is 0 Å². The Balaban J connectivity index is 0.000000299. The average Bonchev–Trinajstić information content (AvgIpc) is 2.49. The van der Waals surface area contributed by atoms with Crippen LogP contribution in [0.3, 0.4) is 0 Å². The van der Waals surface area contributed by atoms with Crippen molar-refractivity contribution in [2.24, 2.45) is 0 Å². The van der Waals surface area contributed by atoms with E-state index < -0.39 is 8.60 Å². The quantitative estimate of drug-likeness (QED) is 0.403. The van der Waals surface area contributed by atoms with Gasteiger partial charge in [0.05, 0.1) is 0 Å². The number of rotatable bonds is 0. The number of para-hydroxylation sites is 2.